The predicted molar refractivity (Wildman–Crippen MR) is 82.3 cm³/mol. The van der Waals surface area contributed by atoms with E-state index in [1.54, 1.807) is 11.3 Å². The number of rotatable bonds is 2. The molecular weight excluding hydrogens is 284 g/mol. The summed E-state index contributed by atoms with van der Waals surface area (Å²) in [7, 11) is 0. The van der Waals surface area contributed by atoms with E-state index in [9.17, 15) is 4.79 Å². The zero-order chi connectivity index (χ0) is 14.2. The van der Waals surface area contributed by atoms with Gasteiger partial charge in [0.1, 0.15) is 11.1 Å². The molecule has 1 aromatic carbocycles. The van der Waals surface area contributed by atoms with Crippen molar-refractivity contribution in [3.8, 4) is 0 Å². The van der Waals surface area contributed by atoms with Gasteiger partial charge in [0.15, 0.2) is 0 Å². The molecule has 2 aliphatic heterocycles. The van der Waals surface area contributed by atoms with Crippen LogP contribution in [0.4, 0.5) is 0 Å². The highest BCUT2D eigenvalue weighted by Gasteiger charge is 2.37. The summed E-state index contributed by atoms with van der Waals surface area (Å²) in [5.41, 5.74) is 1.04. The van der Waals surface area contributed by atoms with E-state index in [-0.39, 0.29) is 18.1 Å². The van der Waals surface area contributed by atoms with Gasteiger partial charge in [-0.2, -0.15) is 0 Å². The first-order valence-electron chi connectivity index (χ1n) is 7.60. The van der Waals surface area contributed by atoms with Crippen LogP contribution in [0, 0.1) is 0 Å². The van der Waals surface area contributed by atoms with E-state index in [1.165, 1.54) is 4.70 Å². The molecule has 0 radical (unpaired) electrons. The number of aromatic nitrogens is 1. The minimum atomic E-state index is -0.222. The molecule has 2 unspecified atom stereocenters. The Bertz CT molecular complexity index is 630. The first-order valence-corrected chi connectivity index (χ1v) is 8.42. The molecule has 0 bridgehead atoms. The number of carbonyl (C=O) groups excluding carboxylic acids is 1. The highest BCUT2D eigenvalue weighted by Crippen LogP contribution is 2.37. The fourth-order valence-electron chi connectivity index (χ4n) is 3.28. The van der Waals surface area contributed by atoms with E-state index in [0.717, 1.165) is 49.4 Å². The van der Waals surface area contributed by atoms with E-state index in [0.29, 0.717) is 0 Å². The van der Waals surface area contributed by atoms with Crippen LogP contribution in [-0.4, -0.2) is 35.0 Å². The predicted octanol–water partition coefficient (Wildman–Crippen LogP) is 3.14. The maximum atomic E-state index is 12.6. The van der Waals surface area contributed by atoms with E-state index in [4.69, 9.17) is 9.72 Å². The summed E-state index contributed by atoms with van der Waals surface area (Å²) in [4.78, 5) is 19.4. The Balaban J connectivity index is 1.62. The molecule has 0 N–H and O–H groups in total. The largest absolute Gasteiger partial charge is 0.368 e. The van der Waals surface area contributed by atoms with Gasteiger partial charge in [-0.15, -0.1) is 11.3 Å². The molecule has 2 aromatic rings. The maximum Gasteiger partial charge on any atom is 0.252 e. The van der Waals surface area contributed by atoms with Gasteiger partial charge in [0.2, 0.25) is 0 Å². The number of thiazole rings is 1. The number of ether oxygens (including phenoxy) is 1. The molecule has 2 saturated heterocycles. The zero-order valence-electron chi connectivity index (χ0n) is 11.8. The van der Waals surface area contributed by atoms with Crippen LogP contribution in [0.5, 0.6) is 0 Å². The van der Waals surface area contributed by atoms with Crippen molar-refractivity contribution in [3.63, 3.8) is 0 Å². The number of amides is 1. The Labute approximate surface area is 127 Å². The van der Waals surface area contributed by atoms with Gasteiger partial charge >= 0.3 is 0 Å². The molecule has 2 atom stereocenters. The summed E-state index contributed by atoms with van der Waals surface area (Å²) in [6.07, 6.45) is 3.70. The minimum Gasteiger partial charge on any atom is -0.368 e. The molecule has 5 heteroatoms. The van der Waals surface area contributed by atoms with Crippen LogP contribution < -0.4 is 0 Å². The van der Waals surface area contributed by atoms with Crippen molar-refractivity contribution in [3.05, 3.63) is 29.3 Å². The molecule has 2 fully saturated rings. The van der Waals surface area contributed by atoms with Gasteiger partial charge in [-0.05, 0) is 37.8 Å². The number of likely N-dealkylation sites (tertiary alicyclic amines) is 1. The molecule has 1 amide bonds. The molecule has 0 spiro atoms. The monoisotopic (exact) mass is 302 g/mol. The van der Waals surface area contributed by atoms with Crippen LogP contribution in [0.2, 0.25) is 0 Å². The average Bonchev–Trinajstić information content (AvgIpc) is 3.24. The number of hydrogen-bond donors (Lipinski definition) is 0. The number of carbonyl (C=O) groups is 1. The molecule has 0 aliphatic carbocycles. The lowest BCUT2D eigenvalue weighted by atomic mass is 10.2. The van der Waals surface area contributed by atoms with Crippen LogP contribution >= 0.6 is 11.3 Å². The van der Waals surface area contributed by atoms with Gasteiger partial charge in [-0.1, -0.05) is 12.1 Å². The summed E-state index contributed by atoms with van der Waals surface area (Å²) in [5.74, 6) is 0.161. The summed E-state index contributed by atoms with van der Waals surface area (Å²) >= 11 is 1.71. The summed E-state index contributed by atoms with van der Waals surface area (Å²) in [6.45, 7) is 1.55. The number of benzene rings is 1. The highest BCUT2D eigenvalue weighted by atomic mass is 32.1. The van der Waals surface area contributed by atoms with Crippen LogP contribution in [0.1, 0.15) is 36.7 Å². The lowest BCUT2D eigenvalue weighted by Gasteiger charge is -2.25. The Hall–Kier alpha value is -1.46. The molecule has 4 rings (SSSR count). The van der Waals surface area contributed by atoms with Gasteiger partial charge in [-0.3, -0.25) is 4.79 Å². The summed E-state index contributed by atoms with van der Waals surface area (Å²) < 4.78 is 6.76. The van der Waals surface area contributed by atoms with Crippen molar-refractivity contribution in [1.82, 2.24) is 9.88 Å². The van der Waals surface area contributed by atoms with Gasteiger partial charge in [-0.25, -0.2) is 4.98 Å². The third kappa shape index (κ3) is 2.34. The molecule has 3 heterocycles. The first kappa shape index (κ1) is 13.2. The average molecular weight is 302 g/mol. The summed E-state index contributed by atoms with van der Waals surface area (Å²) in [6, 6.07) is 8.32. The highest BCUT2D eigenvalue weighted by molar-refractivity contribution is 7.18. The van der Waals surface area contributed by atoms with Crippen molar-refractivity contribution in [2.75, 3.05) is 13.2 Å². The number of hydrogen-bond acceptors (Lipinski definition) is 4. The third-order valence-electron chi connectivity index (χ3n) is 4.34. The van der Waals surface area contributed by atoms with E-state index >= 15 is 0 Å². The second kappa shape index (κ2) is 5.39. The number of fused-ring (bicyclic) bond motifs is 1. The van der Waals surface area contributed by atoms with Gasteiger partial charge in [0.25, 0.3) is 5.91 Å². The van der Waals surface area contributed by atoms with Crippen molar-refractivity contribution >= 4 is 27.5 Å². The van der Waals surface area contributed by atoms with Crippen molar-refractivity contribution in [2.24, 2.45) is 0 Å². The molecule has 4 nitrogen and oxygen atoms in total. The molecule has 110 valence electrons. The third-order valence-corrected chi connectivity index (χ3v) is 5.47. The maximum absolute atomic E-state index is 12.6. The quantitative estimate of drug-likeness (QED) is 0.856. The normalized spacial score (nSPS) is 25.8. The molecule has 1 aromatic heterocycles. The Morgan fingerprint density at radius 1 is 1.29 bits per heavy atom. The van der Waals surface area contributed by atoms with Crippen molar-refractivity contribution in [2.45, 2.75) is 37.8 Å². The lowest BCUT2D eigenvalue weighted by Crippen LogP contribution is -2.38. The van der Waals surface area contributed by atoms with Crippen molar-refractivity contribution in [1.29, 1.82) is 0 Å². The topological polar surface area (TPSA) is 42.4 Å². The zero-order valence-corrected chi connectivity index (χ0v) is 12.6. The lowest BCUT2D eigenvalue weighted by molar-refractivity contribution is -0.141. The van der Waals surface area contributed by atoms with Gasteiger partial charge < -0.3 is 9.64 Å². The fourth-order valence-corrected chi connectivity index (χ4v) is 4.39. The molecule has 0 saturated carbocycles. The van der Waals surface area contributed by atoms with Gasteiger partial charge in [0.05, 0.1) is 16.3 Å². The fraction of sp³-hybridized carbons (Fsp3) is 0.500. The SMILES string of the molecule is O=C(C1CCCO1)N1CCCC1c1nc2ccccc2s1. The van der Waals surface area contributed by atoms with Crippen LogP contribution in [-0.2, 0) is 9.53 Å². The van der Waals surface area contributed by atoms with E-state index in [1.807, 2.05) is 23.1 Å². The second-order valence-electron chi connectivity index (χ2n) is 5.71. The van der Waals surface area contributed by atoms with Crippen LogP contribution in [0.15, 0.2) is 24.3 Å². The molecule has 2 aliphatic rings. The number of nitrogens with zero attached hydrogens (tertiary/aromatic N) is 2. The van der Waals surface area contributed by atoms with Crippen LogP contribution in [0.3, 0.4) is 0 Å². The van der Waals surface area contributed by atoms with Crippen LogP contribution in [0.25, 0.3) is 10.2 Å². The van der Waals surface area contributed by atoms with Crippen molar-refractivity contribution < 1.29 is 9.53 Å². The Morgan fingerprint density at radius 3 is 3.00 bits per heavy atom. The number of para-hydroxylation sites is 1. The summed E-state index contributed by atoms with van der Waals surface area (Å²) in [5, 5.41) is 1.07. The van der Waals surface area contributed by atoms with E-state index in [2.05, 4.69) is 6.07 Å². The molecule has 21 heavy (non-hydrogen) atoms. The second-order valence-corrected chi connectivity index (χ2v) is 6.77. The first-order chi connectivity index (χ1) is 10.3. The Kier molecular flexibility index (Phi) is 3.39. The smallest absolute Gasteiger partial charge is 0.252 e. The molecular formula is C16H18N2O2S. The van der Waals surface area contributed by atoms with E-state index < -0.39 is 0 Å². The Morgan fingerprint density at radius 2 is 2.19 bits per heavy atom. The minimum absolute atomic E-state index is 0.138. The van der Waals surface area contributed by atoms with Gasteiger partial charge in [0, 0.05) is 13.2 Å². The standard InChI is InChI=1S/C16H18N2O2S/c19-16(13-7-4-10-20-13)18-9-3-6-12(18)15-17-11-5-1-2-8-14(11)21-15/h1-2,5,8,12-13H,3-4,6-7,9-10H2.